The Labute approximate surface area is 159 Å². The van der Waals surface area contributed by atoms with Gasteiger partial charge in [0, 0.05) is 31.1 Å². The second-order valence-corrected chi connectivity index (χ2v) is 7.27. The van der Waals surface area contributed by atoms with E-state index in [-0.39, 0.29) is 17.8 Å². The van der Waals surface area contributed by atoms with Crippen molar-refractivity contribution in [2.75, 3.05) is 24.6 Å². The first-order chi connectivity index (χ1) is 12.9. The maximum absolute atomic E-state index is 12.6. The van der Waals surface area contributed by atoms with Gasteiger partial charge in [0.1, 0.15) is 5.56 Å². The molecule has 1 amide bonds. The summed E-state index contributed by atoms with van der Waals surface area (Å²) in [4.78, 5) is 30.7. The van der Waals surface area contributed by atoms with Gasteiger partial charge in [-0.25, -0.2) is 4.79 Å². The molecule has 3 rings (SSSR count). The van der Waals surface area contributed by atoms with E-state index >= 15 is 0 Å². The van der Waals surface area contributed by atoms with Crippen LogP contribution < -0.4 is 10.6 Å². The smallest absolute Gasteiger partial charge is 0.341 e. The fourth-order valence-corrected chi connectivity index (χ4v) is 3.91. The van der Waals surface area contributed by atoms with Crippen LogP contribution in [0.1, 0.15) is 47.7 Å². The van der Waals surface area contributed by atoms with E-state index in [1.807, 2.05) is 13.0 Å². The van der Waals surface area contributed by atoms with Crippen molar-refractivity contribution >= 4 is 28.5 Å². The predicted octanol–water partition coefficient (Wildman–Crippen LogP) is 3.12. The lowest BCUT2D eigenvalue weighted by Gasteiger charge is -2.35. The number of aryl methyl sites for hydroxylation is 2. The molecule has 1 unspecified atom stereocenters. The minimum atomic E-state index is -0.364. The fraction of sp³-hybridized carbons (Fsp3) is 0.476. The minimum Gasteiger partial charge on any atom is -0.462 e. The number of amides is 1. The van der Waals surface area contributed by atoms with Gasteiger partial charge in [0.2, 0.25) is 5.91 Å². The lowest BCUT2D eigenvalue weighted by atomic mass is 9.93. The molecule has 1 atom stereocenters. The summed E-state index contributed by atoms with van der Waals surface area (Å²) in [5.41, 5.74) is 9.91. The van der Waals surface area contributed by atoms with Crippen LogP contribution in [0.3, 0.4) is 0 Å². The first-order valence-corrected chi connectivity index (χ1v) is 9.51. The highest BCUT2D eigenvalue weighted by molar-refractivity contribution is 6.06. The fourth-order valence-electron chi connectivity index (χ4n) is 3.91. The number of carbonyl (C=O) groups is 2. The molecule has 1 aromatic carbocycles. The van der Waals surface area contributed by atoms with E-state index in [2.05, 4.69) is 22.9 Å². The van der Waals surface area contributed by atoms with Crippen molar-refractivity contribution in [3.05, 3.63) is 35.0 Å². The Balaban J connectivity index is 2.12. The number of primary amides is 1. The molecule has 1 saturated heterocycles. The maximum atomic E-state index is 12.6. The Morgan fingerprint density at radius 3 is 2.81 bits per heavy atom. The lowest BCUT2D eigenvalue weighted by molar-refractivity contribution is -0.118. The zero-order chi connectivity index (χ0) is 19.6. The van der Waals surface area contributed by atoms with Crippen LogP contribution in [-0.4, -0.2) is 36.6 Å². The summed E-state index contributed by atoms with van der Waals surface area (Å²) in [5.74, 6) is -0.447. The van der Waals surface area contributed by atoms with Crippen molar-refractivity contribution in [3.8, 4) is 0 Å². The topological polar surface area (TPSA) is 85.5 Å². The van der Waals surface area contributed by atoms with E-state index in [0.717, 1.165) is 47.1 Å². The van der Waals surface area contributed by atoms with E-state index in [4.69, 9.17) is 10.5 Å². The summed E-state index contributed by atoms with van der Waals surface area (Å²) in [6, 6.07) is 4.09. The van der Waals surface area contributed by atoms with Crippen molar-refractivity contribution < 1.29 is 14.3 Å². The zero-order valence-electron chi connectivity index (χ0n) is 16.2. The number of nitrogens with zero attached hydrogens (tertiary/aromatic N) is 2. The molecule has 1 fully saturated rings. The number of fused-ring (bicyclic) bond motifs is 1. The van der Waals surface area contributed by atoms with Gasteiger partial charge < -0.3 is 15.4 Å². The van der Waals surface area contributed by atoms with E-state index in [9.17, 15) is 9.59 Å². The number of anilines is 1. The van der Waals surface area contributed by atoms with Crippen LogP contribution in [0.5, 0.6) is 0 Å². The summed E-state index contributed by atoms with van der Waals surface area (Å²) in [7, 11) is 0. The number of aromatic nitrogens is 1. The summed E-state index contributed by atoms with van der Waals surface area (Å²) in [6.45, 7) is 7.73. The van der Waals surface area contributed by atoms with Crippen LogP contribution in [0.15, 0.2) is 18.3 Å². The number of esters is 1. The Morgan fingerprint density at radius 2 is 2.11 bits per heavy atom. The standard InChI is InChI=1S/C21H27N3O3/c1-4-27-21(26)17-11-23-19-14(3)13(2)7-8-16(19)20(17)24-9-5-6-15(12-24)10-18(22)25/h7-8,11,15H,4-6,9-10,12H2,1-3H3,(H2,22,25). The third-order valence-electron chi connectivity index (χ3n) is 5.36. The number of rotatable bonds is 5. The van der Waals surface area contributed by atoms with Crippen LogP contribution in [0.2, 0.25) is 0 Å². The average molecular weight is 369 g/mol. The third kappa shape index (κ3) is 3.89. The molecule has 0 saturated carbocycles. The Morgan fingerprint density at radius 1 is 1.33 bits per heavy atom. The molecule has 2 aromatic rings. The van der Waals surface area contributed by atoms with Gasteiger partial charge >= 0.3 is 5.97 Å². The molecule has 0 bridgehead atoms. The van der Waals surface area contributed by atoms with Gasteiger partial charge in [-0.3, -0.25) is 9.78 Å². The molecule has 6 nitrogen and oxygen atoms in total. The molecule has 2 heterocycles. The lowest BCUT2D eigenvalue weighted by Crippen LogP contribution is -2.38. The van der Waals surface area contributed by atoms with Gasteiger partial charge in [0.15, 0.2) is 0 Å². The number of benzene rings is 1. The highest BCUT2D eigenvalue weighted by Crippen LogP contribution is 2.35. The van der Waals surface area contributed by atoms with Crippen LogP contribution in [0.4, 0.5) is 5.69 Å². The normalized spacial score (nSPS) is 17.1. The highest BCUT2D eigenvalue weighted by Gasteiger charge is 2.27. The number of hydrogen-bond donors (Lipinski definition) is 1. The van der Waals surface area contributed by atoms with Gasteiger partial charge in [0.25, 0.3) is 0 Å². The minimum absolute atomic E-state index is 0.195. The molecule has 1 aliphatic heterocycles. The second-order valence-electron chi connectivity index (χ2n) is 7.27. The second kappa shape index (κ2) is 7.94. The Kier molecular flexibility index (Phi) is 5.63. The van der Waals surface area contributed by atoms with Crippen molar-refractivity contribution in [2.45, 2.75) is 40.0 Å². The van der Waals surface area contributed by atoms with Gasteiger partial charge in [0.05, 0.1) is 17.8 Å². The molecule has 6 heteroatoms. The zero-order valence-corrected chi connectivity index (χ0v) is 16.2. The van der Waals surface area contributed by atoms with Crippen LogP contribution in [0.25, 0.3) is 10.9 Å². The van der Waals surface area contributed by atoms with E-state index in [1.54, 1.807) is 13.1 Å². The molecular formula is C21H27N3O3. The molecule has 0 radical (unpaired) electrons. The molecule has 144 valence electrons. The molecular weight excluding hydrogens is 342 g/mol. The van der Waals surface area contributed by atoms with Gasteiger partial charge in [-0.1, -0.05) is 12.1 Å². The molecule has 0 spiro atoms. The van der Waals surface area contributed by atoms with Crippen molar-refractivity contribution in [1.82, 2.24) is 4.98 Å². The maximum Gasteiger partial charge on any atom is 0.341 e. The largest absolute Gasteiger partial charge is 0.462 e. The first-order valence-electron chi connectivity index (χ1n) is 9.51. The predicted molar refractivity (Wildman–Crippen MR) is 106 cm³/mol. The van der Waals surface area contributed by atoms with E-state index in [1.165, 1.54) is 0 Å². The Bertz CT molecular complexity index is 879. The summed E-state index contributed by atoms with van der Waals surface area (Å²) >= 11 is 0. The SMILES string of the molecule is CCOC(=O)c1cnc2c(C)c(C)ccc2c1N1CCCC(CC(N)=O)C1. The number of nitrogens with two attached hydrogens (primary N) is 1. The van der Waals surface area contributed by atoms with Crippen molar-refractivity contribution in [1.29, 1.82) is 0 Å². The van der Waals surface area contributed by atoms with Crippen LogP contribution in [-0.2, 0) is 9.53 Å². The summed E-state index contributed by atoms with van der Waals surface area (Å²) < 4.78 is 5.27. The van der Waals surface area contributed by atoms with Gasteiger partial charge in [-0.2, -0.15) is 0 Å². The van der Waals surface area contributed by atoms with Gasteiger partial charge in [-0.15, -0.1) is 0 Å². The van der Waals surface area contributed by atoms with Crippen LogP contribution in [0, 0.1) is 19.8 Å². The molecule has 0 aliphatic carbocycles. The Hall–Kier alpha value is -2.63. The third-order valence-corrected chi connectivity index (χ3v) is 5.36. The first kappa shape index (κ1) is 19.1. The average Bonchev–Trinajstić information content (AvgIpc) is 2.63. The summed E-state index contributed by atoms with van der Waals surface area (Å²) in [6.07, 6.45) is 3.91. The quantitative estimate of drug-likeness (QED) is 0.819. The molecule has 1 aromatic heterocycles. The number of carbonyl (C=O) groups excluding carboxylic acids is 2. The number of ether oxygens (including phenoxy) is 1. The molecule has 2 N–H and O–H groups in total. The van der Waals surface area contributed by atoms with E-state index in [0.29, 0.717) is 25.1 Å². The molecule has 27 heavy (non-hydrogen) atoms. The monoisotopic (exact) mass is 369 g/mol. The van der Waals surface area contributed by atoms with Crippen LogP contribution >= 0.6 is 0 Å². The summed E-state index contributed by atoms with van der Waals surface area (Å²) in [5, 5.41) is 0.948. The van der Waals surface area contributed by atoms with Crippen molar-refractivity contribution in [2.24, 2.45) is 11.7 Å². The number of piperidine rings is 1. The van der Waals surface area contributed by atoms with Gasteiger partial charge in [-0.05, 0) is 50.7 Å². The number of pyridine rings is 1. The van der Waals surface area contributed by atoms with Crippen molar-refractivity contribution in [3.63, 3.8) is 0 Å². The number of hydrogen-bond acceptors (Lipinski definition) is 5. The molecule has 1 aliphatic rings. The van der Waals surface area contributed by atoms with E-state index < -0.39 is 0 Å². The highest BCUT2D eigenvalue weighted by atomic mass is 16.5.